The molecule has 0 bridgehead atoms. The van der Waals surface area contributed by atoms with Crippen LogP contribution in [-0.2, 0) is 13.6 Å². The lowest BCUT2D eigenvalue weighted by molar-refractivity contribution is 0.191. The van der Waals surface area contributed by atoms with Crippen molar-refractivity contribution in [1.29, 1.82) is 0 Å². The van der Waals surface area contributed by atoms with Crippen LogP contribution >= 0.6 is 24.0 Å². The standard InChI is InChI=1S/C18H33N7.HI/c1-5-9-19-18(21-14-17-23-22-16(3)24(17)4)20-10-6-11-25-12-7-15(2)8-13-25;/h5,15H,1,6-14H2,2-4H3,(H2,19,20,21);1H. The molecule has 1 aromatic rings. The van der Waals surface area contributed by atoms with Crippen molar-refractivity contribution in [2.45, 2.75) is 39.7 Å². The van der Waals surface area contributed by atoms with Crippen LogP contribution in [-0.4, -0.2) is 58.3 Å². The second kappa shape index (κ2) is 12.3. The number of piperidine rings is 1. The van der Waals surface area contributed by atoms with E-state index in [1.54, 1.807) is 0 Å². The van der Waals surface area contributed by atoms with Gasteiger partial charge in [-0.05, 0) is 51.7 Å². The molecule has 8 heteroatoms. The van der Waals surface area contributed by atoms with Crippen molar-refractivity contribution in [3.63, 3.8) is 0 Å². The lowest BCUT2D eigenvalue weighted by Gasteiger charge is -2.30. The summed E-state index contributed by atoms with van der Waals surface area (Å²) in [6, 6.07) is 0. The average Bonchev–Trinajstić information content (AvgIpc) is 2.93. The summed E-state index contributed by atoms with van der Waals surface area (Å²) >= 11 is 0. The Morgan fingerprint density at radius 2 is 2.04 bits per heavy atom. The first-order valence-electron chi connectivity index (χ1n) is 9.30. The van der Waals surface area contributed by atoms with Crippen LogP contribution in [0.4, 0.5) is 0 Å². The largest absolute Gasteiger partial charge is 0.356 e. The van der Waals surface area contributed by atoms with Crippen LogP contribution < -0.4 is 10.6 Å². The number of nitrogens with one attached hydrogen (secondary N) is 2. The van der Waals surface area contributed by atoms with Crippen LogP contribution in [0.15, 0.2) is 17.6 Å². The minimum Gasteiger partial charge on any atom is -0.356 e. The summed E-state index contributed by atoms with van der Waals surface area (Å²) in [5, 5.41) is 14.9. The van der Waals surface area contributed by atoms with Crippen LogP contribution in [0.5, 0.6) is 0 Å². The van der Waals surface area contributed by atoms with E-state index in [0.29, 0.717) is 13.1 Å². The predicted molar refractivity (Wildman–Crippen MR) is 118 cm³/mol. The molecule has 148 valence electrons. The molecule has 0 unspecified atom stereocenters. The van der Waals surface area contributed by atoms with Gasteiger partial charge >= 0.3 is 0 Å². The summed E-state index contributed by atoms with van der Waals surface area (Å²) < 4.78 is 1.96. The van der Waals surface area contributed by atoms with Crippen molar-refractivity contribution in [1.82, 2.24) is 30.3 Å². The van der Waals surface area contributed by atoms with E-state index < -0.39 is 0 Å². The molecule has 0 aliphatic carbocycles. The highest BCUT2D eigenvalue weighted by atomic mass is 127. The van der Waals surface area contributed by atoms with Crippen LogP contribution in [0.1, 0.15) is 37.8 Å². The number of nitrogens with zero attached hydrogens (tertiary/aromatic N) is 5. The van der Waals surface area contributed by atoms with Gasteiger partial charge in [-0.3, -0.25) is 0 Å². The summed E-state index contributed by atoms with van der Waals surface area (Å²) in [6.07, 6.45) is 5.61. The molecular formula is C18H34IN7. The van der Waals surface area contributed by atoms with Gasteiger partial charge in [0.15, 0.2) is 11.8 Å². The Morgan fingerprint density at radius 1 is 1.31 bits per heavy atom. The van der Waals surface area contributed by atoms with Crippen molar-refractivity contribution in [3.05, 3.63) is 24.3 Å². The molecule has 0 radical (unpaired) electrons. The number of likely N-dealkylation sites (tertiary alicyclic amines) is 1. The maximum Gasteiger partial charge on any atom is 0.191 e. The SMILES string of the molecule is C=CCNC(=NCc1nnc(C)n1C)NCCCN1CCC(C)CC1.I. The van der Waals surface area contributed by atoms with Crippen LogP contribution in [0, 0.1) is 12.8 Å². The van der Waals surface area contributed by atoms with Gasteiger partial charge in [-0.1, -0.05) is 13.0 Å². The summed E-state index contributed by atoms with van der Waals surface area (Å²) in [7, 11) is 1.96. The Bertz CT molecular complexity index is 562. The number of aryl methyl sites for hydroxylation is 1. The third-order valence-corrected chi connectivity index (χ3v) is 4.79. The Hall–Kier alpha value is -1.16. The molecule has 2 heterocycles. The highest BCUT2D eigenvalue weighted by molar-refractivity contribution is 14.0. The second-order valence-corrected chi connectivity index (χ2v) is 6.86. The second-order valence-electron chi connectivity index (χ2n) is 6.86. The van der Waals surface area contributed by atoms with Gasteiger partial charge in [-0.15, -0.1) is 40.8 Å². The van der Waals surface area contributed by atoms with Crippen molar-refractivity contribution in [3.8, 4) is 0 Å². The molecule has 0 spiro atoms. The van der Waals surface area contributed by atoms with Gasteiger partial charge in [0, 0.05) is 20.1 Å². The van der Waals surface area contributed by atoms with Crippen molar-refractivity contribution in [2.75, 3.05) is 32.7 Å². The first kappa shape index (κ1) is 22.9. The monoisotopic (exact) mass is 475 g/mol. The Balaban J connectivity index is 0.00000338. The van der Waals surface area contributed by atoms with Crippen molar-refractivity contribution in [2.24, 2.45) is 18.0 Å². The van der Waals surface area contributed by atoms with Crippen LogP contribution in [0.3, 0.4) is 0 Å². The van der Waals surface area contributed by atoms with E-state index in [-0.39, 0.29) is 24.0 Å². The molecular weight excluding hydrogens is 441 g/mol. The number of halogens is 1. The average molecular weight is 475 g/mol. The van der Waals surface area contributed by atoms with Gasteiger partial charge in [-0.25, -0.2) is 4.99 Å². The fraction of sp³-hybridized carbons (Fsp3) is 0.722. The van der Waals surface area contributed by atoms with E-state index >= 15 is 0 Å². The molecule has 0 saturated carbocycles. The first-order chi connectivity index (χ1) is 12.1. The molecule has 2 N–H and O–H groups in total. The van der Waals surface area contributed by atoms with Gasteiger partial charge < -0.3 is 20.1 Å². The van der Waals surface area contributed by atoms with E-state index in [1.165, 1.54) is 25.9 Å². The van der Waals surface area contributed by atoms with Crippen LogP contribution in [0.25, 0.3) is 0 Å². The highest BCUT2D eigenvalue weighted by Gasteiger charge is 2.14. The highest BCUT2D eigenvalue weighted by Crippen LogP contribution is 2.15. The zero-order valence-electron chi connectivity index (χ0n) is 16.4. The molecule has 26 heavy (non-hydrogen) atoms. The van der Waals surface area contributed by atoms with Crippen LogP contribution in [0.2, 0.25) is 0 Å². The van der Waals surface area contributed by atoms with E-state index in [2.05, 4.69) is 44.2 Å². The summed E-state index contributed by atoms with van der Waals surface area (Å²) in [4.78, 5) is 7.18. The summed E-state index contributed by atoms with van der Waals surface area (Å²) in [5.41, 5.74) is 0. The zero-order chi connectivity index (χ0) is 18.1. The molecule has 1 saturated heterocycles. The molecule has 0 amide bonds. The van der Waals surface area contributed by atoms with Gasteiger partial charge in [0.05, 0.1) is 0 Å². The predicted octanol–water partition coefficient (Wildman–Crippen LogP) is 2.08. The molecule has 1 aliphatic rings. The Kier molecular flexibility index (Phi) is 10.8. The Labute approximate surface area is 174 Å². The Morgan fingerprint density at radius 3 is 2.65 bits per heavy atom. The number of guanidine groups is 1. The van der Waals surface area contributed by atoms with Gasteiger partial charge in [-0.2, -0.15) is 0 Å². The number of aromatic nitrogens is 3. The number of aliphatic imine (C=N–C) groups is 1. The van der Waals surface area contributed by atoms with Crippen molar-refractivity contribution < 1.29 is 0 Å². The quantitative estimate of drug-likeness (QED) is 0.198. The van der Waals surface area contributed by atoms with E-state index in [9.17, 15) is 0 Å². The third kappa shape index (κ3) is 7.61. The van der Waals surface area contributed by atoms with Gasteiger partial charge in [0.2, 0.25) is 0 Å². The topological polar surface area (TPSA) is 70.4 Å². The first-order valence-corrected chi connectivity index (χ1v) is 9.30. The fourth-order valence-electron chi connectivity index (χ4n) is 2.88. The third-order valence-electron chi connectivity index (χ3n) is 4.79. The minimum absolute atomic E-state index is 0. The number of rotatable bonds is 8. The van der Waals surface area contributed by atoms with E-state index in [4.69, 9.17) is 0 Å². The minimum atomic E-state index is 0. The number of hydrogen-bond donors (Lipinski definition) is 2. The van der Waals surface area contributed by atoms with E-state index in [0.717, 1.165) is 43.0 Å². The van der Waals surface area contributed by atoms with Crippen molar-refractivity contribution >= 4 is 29.9 Å². The molecule has 0 aromatic carbocycles. The maximum absolute atomic E-state index is 4.61. The molecule has 1 fully saturated rings. The fourth-order valence-corrected chi connectivity index (χ4v) is 2.88. The smallest absolute Gasteiger partial charge is 0.191 e. The molecule has 1 aliphatic heterocycles. The van der Waals surface area contributed by atoms with E-state index in [1.807, 2.05) is 24.6 Å². The summed E-state index contributed by atoms with van der Waals surface area (Å²) in [6.45, 7) is 13.8. The molecule has 1 aromatic heterocycles. The number of hydrogen-bond acceptors (Lipinski definition) is 4. The zero-order valence-corrected chi connectivity index (χ0v) is 18.7. The molecule has 2 rings (SSSR count). The summed E-state index contributed by atoms with van der Waals surface area (Å²) in [5.74, 6) is 3.45. The molecule has 7 nitrogen and oxygen atoms in total. The maximum atomic E-state index is 4.61. The van der Waals surface area contributed by atoms with Gasteiger partial charge in [0.1, 0.15) is 12.4 Å². The normalized spacial score (nSPS) is 16.2. The van der Waals surface area contributed by atoms with Gasteiger partial charge in [0.25, 0.3) is 0 Å². The molecule has 0 atom stereocenters. The lowest BCUT2D eigenvalue weighted by Crippen LogP contribution is -2.40. The lowest BCUT2D eigenvalue weighted by atomic mass is 9.99.